The third kappa shape index (κ3) is 10.2. The fourth-order valence-electron chi connectivity index (χ4n) is 6.24. The number of benzene rings is 2. The van der Waals surface area contributed by atoms with Crippen LogP contribution < -0.4 is 0 Å². The SMILES string of the molecule is CC(C)Cc1cc2c(-c3ccnc(-c4[c-]c5ccccc5c(C(C)(C)C)c4)c3)nccc2s1.CCC(CC)C(=O)/C=C(\O)C(CC)CC.[Ir]. The van der Waals surface area contributed by atoms with E-state index in [0.717, 1.165) is 60.0 Å². The first-order chi connectivity index (χ1) is 22.9. The molecule has 0 amide bonds. The average Bonchev–Trinajstić information content (AvgIpc) is 3.47. The molecule has 5 rings (SSSR count). The van der Waals surface area contributed by atoms with Gasteiger partial charge in [0.1, 0.15) is 0 Å². The molecule has 6 heteroatoms. The second kappa shape index (κ2) is 18.2. The van der Waals surface area contributed by atoms with Gasteiger partial charge in [0.05, 0.1) is 11.5 Å². The molecule has 1 radical (unpaired) electrons. The Bertz CT molecular complexity index is 1860. The maximum atomic E-state index is 11.7. The molecular formula is C43H53IrN2O2S-. The van der Waals surface area contributed by atoms with Crippen LogP contribution in [0.3, 0.4) is 0 Å². The summed E-state index contributed by atoms with van der Waals surface area (Å²) in [5.41, 5.74) is 5.42. The predicted molar refractivity (Wildman–Crippen MR) is 206 cm³/mol. The van der Waals surface area contributed by atoms with Crippen molar-refractivity contribution in [1.82, 2.24) is 9.97 Å². The molecule has 0 atom stereocenters. The van der Waals surface area contributed by atoms with Gasteiger partial charge >= 0.3 is 0 Å². The molecular weight excluding hydrogens is 801 g/mol. The Hall–Kier alpha value is -3.18. The number of carbonyl (C=O) groups is 1. The summed E-state index contributed by atoms with van der Waals surface area (Å²) < 4.78 is 1.29. The normalized spacial score (nSPS) is 12.0. The number of hydrogen-bond acceptors (Lipinski definition) is 5. The Morgan fingerprint density at radius 3 is 2.16 bits per heavy atom. The van der Waals surface area contributed by atoms with Gasteiger partial charge in [0, 0.05) is 71.1 Å². The van der Waals surface area contributed by atoms with Gasteiger partial charge in [0.15, 0.2) is 5.78 Å². The molecule has 3 heterocycles. The molecule has 0 saturated heterocycles. The Labute approximate surface area is 311 Å². The topological polar surface area (TPSA) is 63.1 Å². The second-order valence-electron chi connectivity index (χ2n) is 14.2. The Morgan fingerprint density at radius 2 is 1.53 bits per heavy atom. The van der Waals surface area contributed by atoms with Crippen LogP contribution in [0.4, 0.5) is 0 Å². The van der Waals surface area contributed by atoms with Crippen molar-refractivity contribution in [2.45, 2.75) is 99.8 Å². The summed E-state index contributed by atoms with van der Waals surface area (Å²) in [5, 5.41) is 13.4. The molecule has 0 unspecified atom stereocenters. The van der Waals surface area contributed by atoms with Crippen molar-refractivity contribution >= 4 is 38.0 Å². The summed E-state index contributed by atoms with van der Waals surface area (Å²) in [6, 6.07) is 23.1. The van der Waals surface area contributed by atoms with E-state index in [4.69, 9.17) is 9.97 Å². The maximum Gasteiger partial charge on any atom is 0.162 e. The molecule has 263 valence electrons. The van der Waals surface area contributed by atoms with Gasteiger partial charge in [0.2, 0.25) is 0 Å². The first-order valence-corrected chi connectivity index (χ1v) is 18.5. The maximum absolute atomic E-state index is 11.7. The number of allylic oxidation sites excluding steroid dienone is 2. The van der Waals surface area contributed by atoms with Crippen LogP contribution in [0.1, 0.15) is 98.4 Å². The van der Waals surface area contributed by atoms with Gasteiger partial charge in [-0.2, -0.15) is 0 Å². The number of aromatic nitrogens is 2. The van der Waals surface area contributed by atoms with Gasteiger partial charge < -0.3 is 5.11 Å². The number of ketones is 1. The van der Waals surface area contributed by atoms with E-state index in [1.54, 1.807) is 0 Å². The van der Waals surface area contributed by atoms with E-state index < -0.39 is 0 Å². The number of hydrogen-bond donors (Lipinski definition) is 1. The van der Waals surface area contributed by atoms with Crippen molar-refractivity contribution in [3.8, 4) is 22.5 Å². The molecule has 4 nitrogen and oxygen atoms in total. The second-order valence-corrected chi connectivity index (χ2v) is 15.4. The number of thiophene rings is 1. The van der Waals surface area contributed by atoms with Crippen LogP contribution >= 0.6 is 11.3 Å². The van der Waals surface area contributed by atoms with Crippen molar-refractivity contribution in [1.29, 1.82) is 0 Å². The van der Waals surface area contributed by atoms with Crippen molar-refractivity contribution < 1.29 is 30.0 Å². The average molecular weight is 854 g/mol. The van der Waals surface area contributed by atoms with E-state index in [2.05, 4.69) is 95.3 Å². The van der Waals surface area contributed by atoms with Crippen LogP contribution in [-0.2, 0) is 36.7 Å². The fourth-order valence-corrected chi connectivity index (χ4v) is 7.51. The predicted octanol–water partition coefficient (Wildman–Crippen LogP) is 12.3. The monoisotopic (exact) mass is 854 g/mol. The number of aliphatic hydroxyl groups excluding tert-OH is 1. The summed E-state index contributed by atoms with van der Waals surface area (Å²) in [6.45, 7) is 19.4. The molecule has 0 fully saturated rings. The quantitative estimate of drug-likeness (QED) is 0.0817. The molecule has 5 aromatic rings. The molecule has 0 aliphatic rings. The summed E-state index contributed by atoms with van der Waals surface area (Å²) >= 11 is 1.88. The third-order valence-corrected chi connectivity index (χ3v) is 10.2. The molecule has 1 N–H and O–H groups in total. The first-order valence-electron chi connectivity index (χ1n) is 17.6. The van der Waals surface area contributed by atoms with Gasteiger partial charge in [-0.05, 0) is 67.2 Å². The van der Waals surface area contributed by atoms with Crippen LogP contribution in [0, 0.1) is 23.8 Å². The minimum atomic E-state index is 0. The smallest absolute Gasteiger partial charge is 0.162 e. The van der Waals surface area contributed by atoms with Crippen molar-refractivity contribution in [3.63, 3.8) is 0 Å². The Balaban J connectivity index is 0.000000347. The van der Waals surface area contributed by atoms with Gasteiger partial charge in [-0.25, -0.2) is 0 Å². The van der Waals surface area contributed by atoms with E-state index in [1.165, 1.54) is 32.0 Å². The van der Waals surface area contributed by atoms with E-state index in [1.807, 2.05) is 51.4 Å². The van der Waals surface area contributed by atoms with E-state index in [0.29, 0.717) is 5.92 Å². The van der Waals surface area contributed by atoms with Crippen molar-refractivity contribution in [2.75, 3.05) is 0 Å². The van der Waals surface area contributed by atoms with Crippen LogP contribution in [0.15, 0.2) is 78.8 Å². The van der Waals surface area contributed by atoms with Gasteiger partial charge in [-0.3, -0.25) is 14.8 Å². The summed E-state index contributed by atoms with van der Waals surface area (Å²) in [4.78, 5) is 22.6. The fraction of sp³-hybridized carbons (Fsp3) is 0.419. The molecule has 2 aromatic carbocycles. The molecule has 0 aliphatic carbocycles. The minimum absolute atomic E-state index is 0. The molecule has 0 spiro atoms. The first kappa shape index (κ1) is 40.3. The van der Waals surface area contributed by atoms with Gasteiger partial charge in [-0.15, -0.1) is 40.5 Å². The summed E-state index contributed by atoms with van der Waals surface area (Å²) in [6.07, 6.45) is 9.82. The largest absolute Gasteiger partial charge is 0.512 e. The van der Waals surface area contributed by atoms with Gasteiger partial charge in [0.25, 0.3) is 0 Å². The number of pyridine rings is 2. The molecule has 0 bridgehead atoms. The molecule has 3 aromatic heterocycles. The molecule has 49 heavy (non-hydrogen) atoms. The zero-order valence-corrected chi connectivity index (χ0v) is 33.9. The van der Waals surface area contributed by atoms with Crippen LogP contribution in [-0.4, -0.2) is 20.9 Å². The van der Waals surface area contributed by atoms with Crippen molar-refractivity contribution in [3.05, 3.63) is 95.3 Å². The standard InChI is InChI=1S/C30H29N2S.C13H24O2.Ir/c1-19(2)14-23-18-25-28(33-23)11-13-32-29(25)21-10-12-31-27(17-21)22-15-20-8-6-7-9-24(20)26(16-22)30(3,4)5;1-5-10(6-2)12(14)9-13(15)11(7-3)8-4;/h6-13,16-19H,14H2,1-5H3;9-11,14H,5-8H2,1-4H3;/q-1;;/b;12-9-;. The molecule has 0 aliphatic heterocycles. The van der Waals surface area contributed by atoms with Crippen LogP contribution in [0.5, 0.6) is 0 Å². The van der Waals surface area contributed by atoms with E-state index >= 15 is 0 Å². The third-order valence-electron chi connectivity index (χ3n) is 9.08. The van der Waals surface area contributed by atoms with Crippen LogP contribution in [0.25, 0.3) is 43.4 Å². The van der Waals surface area contributed by atoms with E-state index in [-0.39, 0.29) is 48.9 Å². The number of carbonyl (C=O) groups excluding carboxylic acids is 1. The van der Waals surface area contributed by atoms with Gasteiger partial charge in [-0.1, -0.05) is 97.5 Å². The Morgan fingerprint density at radius 1 is 0.878 bits per heavy atom. The summed E-state index contributed by atoms with van der Waals surface area (Å²) in [7, 11) is 0. The van der Waals surface area contributed by atoms with E-state index in [9.17, 15) is 9.90 Å². The number of nitrogens with zero attached hydrogens (tertiary/aromatic N) is 2. The summed E-state index contributed by atoms with van der Waals surface area (Å²) in [5.74, 6) is 1.19. The van der Waals surface area contributed by atoms with Crippen LogP contribution in [0.2, 0.25) is 0 Å². The number of fused-ring (bicyclic) bond motifs is 2. The Kier molecular flexibility index (Phi) is 14.9. The zero-order valence-electron chi connectivity index (χ0n) is 30.7. The zero-order chi connectivity index (χ0) is 35.0. The van der Waals surface area contributed by atoms with Crippen molar-refractivity contribution in [2.24, 2.45) is 17.8 Å². The molecule has 0 saturated carbocycles. The number of rotatable bonds is 11. The number of aliphatic hydroxyl groups is 1. The minimum Gasteiger partial charge on any atom is -0.512 e.